The van der Waals surface area contributed by atoms with Gasteiger partial charge in [-0.1, -0.05) is 18.2 Å². The second-order valence-electron chi connectivity index (χ2n) is 6.33. The fourth-order valence-corrected chi connectivity index (χ4v) is 4.46. The maximum absolute atomic E-state index is 13.1. The fourth-order valence-electron chi connectivity index (χ4n) is 2.77. The third kappa shape index (κ3) is 3.71. The predicted molar refractivity (Wildman–Crippen MR) is 96.6 cm³/mol. The standard InChI is InChI=1S/C18H20N2O5S/c1-13-3-10-17(11-18(13)20(21)22)26(23,24)19(15-6-7-15)12-14-4-8-16(25-2)9-5-14/h3-5,8-11,15H,6-7,12H2,1-2H3. The van der Waals surface area contributed by atoms with Crippen LogP contribution < -0.4 is 4.74 Å². The van der Waals surface area contributed by atoms with E-state index in [9.17, 15) is 18.5 Å². The van der Waals surface area contributed by atoms with Gasteiger partial charge in [-0.15, -0.1) is 0 Å². The molecule has 3 rings (SSSR count). The third-order valence-corrected chi connectivity index (χ3v) is 6.33. The summed E-state index contributed by atoms with van der Waals surface area (Å²) in [4.78, 5) is 10.6. The molecule has 1 aliphatic carbocycles. The minimum absolute atomic E-state index is 0.0461. The number of rotatable bonds is 7. The van der Waals surface area contributed by atoms with E-state index in [1.54, 1.807) is 26.2 Å². The topological polar surface area (TPSA) is 89.8 Å². The quantitative estimate of drug-likeness (QED) is 0.546. The summed E-state index contributed by atoms with van der Waals surface area (Å²) < 4.78 is 32.8. The van der Waals surface area contributed by atoms with E-state index >= 15 is 0 Å². The molecule has 2 aromatic rings. The minimum Gasteiger partial charge on any atom is -0.497 e. The van der Waals surface area contributed by atoms with Gasteiger partial charge in [0.15, 0.2) is 0 Å². The lowest BCUT2D eigenvalue weighted by Gasteiger charge is -2.22. The van der Waals surface area contributed by atoms with Crippen molar-refractivity contribution in [1.82, 2.24) is 4.31 Å². The van der Waals surface area contributed by atoms with Crippen LogP contribution in [0.3, 0.4) is 0 Å². The minimum atomic E-state index is -3.83. The Hall–Kier alpha value is -2.45. The summed E-state index contributed by atoms with van der Waals surface area (Å²) >= 11 is 0. The molecular formula is C18H20N2O5S. The van der Waals surface area contributed by atoms with E-state index in [2.05, 4.69) is 0 Å². The van der Waals surface area contributed by atoms with Crippen molar-refractivity contribution in [3.8, 4) is 5.75 Å². The van der Waals surface area contributed by atoms with Gasteiger partial charge in [0.25, 0.3) is 5.69 Å². The van der Waals surface area contributed by atoms with E-state index < -0.39 is 14.9 Å². The Bertz CT molecular complexity index is 921. The molecule has 0 bridgehead atoms. The molecule has 1 aliphatic rings. The van der Waals surface area contributed by atoms with Crippen LogP contribution in [-0.4, -0.2) is 30.8 Å². The van der Waals surface area contributed by atoms with Crippen LogP contribution in [0.15, 0.2) is 47.4 Å². The zero-order chi connectivity index (χ0) is 18.9. The van der Waals surface area contributed by atoms with Gasteiger partial charge in [-0.3, -0.25) is 10.1 Å². The van der Waals surface area contributed by atoms with Crippen molar-refractivity contribution in [2.45, 2.75) is 37.2 Å². The van der Waals surface area contributed by atoms with Gasteiger partial charge in [-0.05, 0) is 43.5 Å². The monoisotopic (exact) mass is 376 g/mol. The number of benzene rings is 2. The highest BCUT2D eigenvalue weighted by Gasteiger charge is 2.38. The first-order valence-electron chi connectivity index (χ1n) is 8.23. The van der Waals surface area contributed by atoms with Crippen molar-refractivity contribution in [2.75, 3.05) is 7.11 Å². The average molecular weight is 376 g/mol. The number of ether oxygens (including phenoxy) is 1. The summed E-state index contributed by atoms with van der Waals surface area (Å²) in [7, 11) is -2.26. The number of nitrogens with zero attached hydrogens (tertiary/aromatic N) is 2. The Labute approximate surface area is 152 Å². The summed E-state index contributed by atoms with van der Waals surface area (Å²) in [5.41, 5.74) is 1.08. The van der Waals surface area contributed by atoms with E-state index in [-0.39, 0.29) is 23.2 Å². The molecule has 138 valence electrons. The van der Waals surface area contributed by atoms with Crippen LogP contribution in [0.25, 0.3) is 0 Å². The number of nitro groups is 1. The molecular weight excluding hydrogens is 356 g/mol. The van der Waals surface area contributed by atoms with Gasteiger partial charge >= 0.3 is 0 Å². The van der Waals surface area contributed by atoms with Crippen molar-refractivity contribution >= 4 is 15.7 Å². The van der Waals surface area contributed by atoms with Gasteiger partial charge in [-0.2, -0.15) is 4.31 Å². The number of hydrogen-bond donors (Lipinski definition) is 0. The summed E-state index contributed by atoms with van der Waals surface area (Å²) in [6.07, 6.45) is 1.59. The van der Waals surface area contributed by atoms with Crippen LogP contribution in [0.1, 0.15) is 24.0 Å². The molecule has 0 saturated heterocycles. The molecule has 0 amide bonds. The maximum Gasteiger partial charge on any atom is 0.273 e. The summed E-state index contributed by atoms with van der Waals surface area (Å²) in [5, 5.41) is 11.2. The van der Waals surface area contributed by atoms with Gasteiger partial charge in [0.05, 0.1) is 16.9 Å². The van der Waals surface area contributed by atoms with Gasteiger partial charge in [0.1, 0.15) is 5.75 Å². The van der Waals surface area contributed by atoms with Crippen LogP contribution >= 0.6 is 0 Å². The Kier molecular flexibility index (Phi) is 4.97. The van der Waals surface area contributed by atoms with E-state index in [1.807, 2.05) is 12.1 Å². The Morgan fingerprint density at radius 1 is 1.19 bits per heavy atom. The number of sulfonamides is 1. The summed E-state index contributed by atoms with van der Waals surface area (Å²) in [6.45, 7) is 1.81. The largest absolute Gasteiger partial charge is 0.497 e. The highest BCUT2D eigenvalue weighted by Crippen LogP contribution is 2.35. The number of nitro benzene ring substituents is 1. The van der Waals surface area contributed by atoms with E-state index in [0.29, 0.717) is 11.3 Å². The first-order chi connectivity index (χ1) is 12.3. The lowest BCUT2D eigenvalue weighted by molar-refractivity contribution is -0.385. The van der Waals surface area contributed by atoms with E-state index in [4.69, 9.17) is 4.74 Å². The smallest absolute Gasteiger partial charge is 0.273 e. The zero-order valence-electron chi connectivity index (χ0n) is 14.6. The fraction of sp³-hybridized carbons (Fsp3) is 0.333. The molecule has 8 heteroatoms. The maximum atomic E-state index is 13.1. The van der Waals surface area contributed by atoms with Gasteiger partial charge in [0.2, 0.25) is 10.0 Å². The van der Waals surface area contributed by atoms with Crippen molar-refractivity contribution in [1.29, 1.82) is 0 Å². The van der Waals surface area contributed by atoms with Crippen LogP contribution in [0.2, 0.25) is 0 Å². The Morgan fingerprint density at radius 3 is 2.38 bits per heavy atom. The highest BCUT2D eigenvalue weighted by molar-refractivity contribution is 7.89. The van der Waals surface area contributed by atoms with Crippen LogP contribution in [0, 0.1) is 17.0 Å². The van der Waals surface area contributed by atoms with Crippen molar-refractivity contribution in [2.24, 2.45) is 0 Å². The summed E-state index contributed by atoms with van der Waals surface area (Å²) in [6, 6.07) is 11.2. The number of aryl methyl sites for hydroxylation is 1. The third-order valence-electron chi connectivity index (χ3n) is 4.44. The zero-order valence-corrected chi connectivity index (χ0v) is 15.4. The molecule has 0 radical (unpaired) electrons. The normalized spacial score (nSPS) is 14.4. The summed E-state index contributed by atoms with van der Waals surface area (Å²) in [5.74, 6) is 0.698. The van der Waals surface area contributed by atoms with Crippen LogP contribution in [-0.2, 0) is 16.6 Å². The number of hydrogen-bond acceptors (Lipinski definition) is 5. The second-order valence-corrected chi connectivity index (χ2v) is 8.23. The second kappa shape index (κ2) is 7.05. The Balaban J connectivity index is 1.93. The molecule has 0 spiro atoms. The van der Waals surface area contributed by atoms with Crippen molar-refractivity contribution < 1.29 is 18.1 Å². The Morgan fingerprint density at radius 2 is 1.85 bits per heavy atom. The van der Waals surface area contributed by atoms with Gasteiger partial charge < -0.3 is 4.74 Å². The lowest BCUT2D eigenvalue weighted by Crippen LogP contribution is -2.32. The number of methoxy groups -OCH3 is 1. The molecule has 0 aromatic heterocycles. The van der Waals surface area contributed by atoms with Gasteiger partial charge in [0, 0.05) is 24.2 Å². The first kappa shape index (κ1) is 18.3. The molecule has 0 aliphatic heterocycles. The van der Waals surface area contributed by atoms with E-state index in [0.717, 1.165) is 24.5 Å². The van der Waals surface area contributed by atoms with Gasteiger partial charge in [-0.25, -0.2) is 8.42 Å². The molecule has 1 fully saturated rings. The molecule has 26 heavy (non-hydrogen) atoms. The van der Waals surface area contributed by atoms with E-state index in [1.165, 1.54) is 16.4 Å². The van der Waals surface area contributed by atoms with Crippen LogP contribution in [0.4, 0.5) is 5.69 Å². The molecule has 0 atom stereocenters. The lowest BCUT2D eigenvalue weighted by atomic mass is 10.2. The van der Waals surface area contributed by atoms with Crippen LogP contribution in [0.5, 0.6) is 5.75 Å². The SMILES string of the molecule is COc1ccc(CN(C2CC2)S(=O)(=O)c2ccc(C)c([N+](=O)[O-])c2)cc1. The van der Waals surface area contributed by atoms with Crippen molar-refractivity contribution in [3.63, 3.8) is 0 Å². The predicted octanol–water partition coefficient (Wildman–Crippen LogP) is 3.27. The molecule has 2 aromatic carbocycles. The molecule has 0 heterocycles. The van der Waals surface area contributed by atoms with Crippen molar-refractivity contribution in [3.05, 3.63) is 63.7 Å². The molecule has 0 unspecified atom stereocenters. The first-order valence-corrected chi connectivity index (χ1v) is 9.67. The molecule has 0 N–H and O–H groups in total. The molecule has 1 saturated carbocycles. The highest BCUT2D eigenvalue weighted by atomic mass is 32.2. The average Bonchev–Trinajstić information content (AvgIpc) is 3.44. The molecule has 7 nitrogen and oxygen atoms in total.